The van der Waals surface area contributed by atoms with Crippen LogP contribution in [-0.2, 0) is 6.54 Å². The van der Waals surface area contributed by atoms with E-state index in [-0.39, 0.29) is 28.7 Å². The molecule has 9 heteroatoms. The van der Waals surface area contributed by atoms with Gasteiger partial charge in [-0.3, -0.25) is 14.5 Å². The number of amides is 2. The van der Waals surface area contributed by atoms with Crippen LogP contribution in [0.1, 0.15) is 36.7 Å². The maximum atomic E-state index is 14.7. The second-order valence-corrected chi connectivity index (χ2v) is 8.42. The number of benzene rings is 2. The number of aromatic amines is 1. The Morgan fingerprint density at radius 3 is 2.42 bits per heavy atom. The number of fused-ring (bicyclic) bond motifs is 1. The van der Waals surface area contributed by atoms with Crippen molar-refractivity contribution in [3.05, 3.63) is 74.8 Å². The van der Waals surface area contributed by atoms with E-state index >= 15 is 0 Å². The molecule has 0 aliphatic rings. The standard InChI is InChI=1S/C22H21ClFN3O4/c1-22(2,3)27(21(30)31)14-8-15-18(17(24)9-14)25-11-16(19(15)28)20(29)26-10-12-4-6-13(23)7-5-12/h4-9,11H,10H2,1-3H3,(H,25,28)(H,26,29)(H,30,31). The van der Waals surface area contributed by atoms with Gasteiger partial charge in [-0.25, -0.2) is 9.18 Å². The summed E-state index contributed by atoms with van der Waals surface area (Å²) < 4.78 is 14.7. The number of rotatable bonds is 4. The Bertz CT molecular complexity index is 1220. The van der Waals surface area contributed by atoms with Gasteiger partial charge in [-0.1, -0.05) is 23.7 Å². The van der Waals surface area contributed by atoms with Crippen LogP contribution in [0.2, 0.25) is 5.02 Å². The molecule has 0 radical (unpaired) electrons. The Morgan fingerprint density at radius 2 is 1.84 bits per heavy atom. The lowest BCUT2D eigenvalue weighted by Gasteiger charge is -2.33. The third kappa shape index (κ3) is 4.69. The summed E-state index contributed by atoms with van der Waals surface area (Å²) in [5.74, 6) is -1.44. The Labute approximate surface area is 182 Å². The van der Waals surface area contributed by atoms with Crippen LogP contribution in [0.15, 0.2) is 47.4 Å². The minimum absolute atomic E-state index is 0.00535. The third-order valence-corrected chi connectivity index (χ3v) is 4.91. The summed E-state index contributed by atoms with van der Waals surface area (Å²) in [5, 5.41) is 12.7. The van der Waals surface area contributed by atoms with Gasteiger partial charge in [0.1, 0.15) is 11.4 Å². The van der Waals surface area contributed by atoms with E-state index in [0.29, 0.717) is 5.02 Å². The Morgan fingerprint density at radius 1 is 1.19 bits per heavy atom. The van der Waals surface area contributed by atoms with E-state index < -0.39 is 28.8 Å². The first-order valence-electron chi connectivity index (χ1n) is 9.40. The fourth-order valence-electron chi connectivity index (χ4n) is 3.24. The average Bonchev–Trinajstić information content (AvgIpc) is 2.67. The molecular weight excluding hydrogens is 425 g/mol. The molecule has 162 valence electrons. The first-order chi connectivity index (χ1) is 14.5. The summed E-state index contributed by atoms with van der Waals surface area (Å²) in [4.78, 5) is 40.8. The van der Waals surface area contributed by atoms with Crippen molar-refractivity contribution in [2.75, 3.05) is 4.90 Å². The highest BCUT2D eigenvalue weighted by molar-refractivity contribution is 6.30. The van der Waals surface area contributed by atoms with Gasteiger partial charge in [0.25, 0.3) is 5.91 Å². The molecule has 3 N–H and O–H groups in total. The molecule has 0 saturated heterocycles. The lowest BCUT2D eigenvalue weighted by Crippen LogP contribution is -2.45. The van der Waals surface area contributed by atoms with Gasteiger partial charge in [0.2, 0.25) is 5.43 Å². The molecule has 3 rings (SSSR count). The predicted molar refractivity (Wildman–Crippen MR) is 117 cm³/mol. The first kappa shape index (κ1) is 22.3. The highest BCUT2D eigenvalue weighted by Gasteiger charge is 2.29. The van der Waals surface area contributed by atoms with Crippen LogP contribution in [0, 0.1) is 5.82 Å². The van der Waals surface area contributed by atoms with E-state index in [4.69, 9.17) is 11.6 Å². The van der Waals surface area contributed by atoms with E-state index in [1.807, 2.05) is 0 Å². The van der Waals surface area contributed by atoms with Crippen LogP contribution in [0.25, 0.3) is 10.9 Å². The number of carbonyl (C=O) groups excluding carboxylic acids is 1. The summed E-state index contributed by atoms with van der Waals surface area (Å²) >= 11 is 5.84. The van der Waals surface area contributed by atoms with Gasteiger partial charge in [0.15, 0.2) is 0 Å². The number of aromatic nitrogens is 1. The molecule has 0 saturated carbocycles. The molecule has 1 aromatic heterocycles. The zero-order chi connectivity index (χ0) is 22.9. The molecule has 0 bridgehead atoms. The molecule has 31 heavy (non-hydrogen) atoms. The van der Waals surface area contributed by atoms with E-state index in [1.54, 1.807) is 45.0 Å². The number of hydrogen-bond donors (Lipinski definition) is 3. The summed E-state index contributed by atoms with van der Waals surface area (Å²) in [5.41, 5.74) is -1.13. The Kier molecular flexibility index (Phi) is 6.03. The molecule has 0 aliphatic heterocycles. The SMILES string of the molecule is CC(C)(C)N(C(=O)O)c1cc(F)c2[nH]cc(C(=O)NCc3ccc(Cl)cc3)c(=O)c2c1. The van der Waals surface area contributed by atoms with Crippen LogP contribution in [0.4, 0.5) is 14.9 Å². The molecule has 3 aromatic rings. The lowest BCUT2D eigenvalue weighted by molar-refractivity contribution is 0.0949. The van der Waals surface area contributed by atoms with Gasteiger partial charge in [0, 0.05) is 23.3 Å². The molecule has 1 heterocycles. The number of nitrogens with zero attached hydrogens (tertiary/aromatic N) is 1. The largest absolute Gasteiger partial charge is 0.465 e. The van der Waals surface area contributed by atoms with E-state index in [0.717, 1.165) is 22.7 Å². The van der Waals surface area contributed by atoms with Crippen molar-refractivity contribution in [2.24, 2.45) is 0 Å². The number of nitrogens with one attached hydrogen (secondary N) is 2. The maximum absolute atomic E-state index is 14.7. The quantitative estimate of drug-likeness (QED) is 0.548. The third-order valence-electron chi connectivity index (χ3n) is 4.66. The molecule has 0 atom stereocenters. The molecule has 0 unspecified atom stereocenters. The number of carbonyl (C=O) groups is 2. The van der Waals surface area contributed by atoms with Gasteiger partial charge >= 0.3 is 6.09 Å². The smallest absolute Gasteiger partial charge is 0.412 e. The Balaban J connectivity index is 2.00. The zero-order valence-electron chi connectivity index (χ0n) is 17.1. The molecule has 7 nitrogen and oxygen atoms in total. The van der Waals surface area contributed by atoms with Crippen LogP contribution < -0.4 is 15.6 Å². The van der Waals surface area contributed by atoms with Gasteiger partial charge < -0.3 is 15.4 Å². The summed E-state index contributed by atoms with van der Waals surface area (Å²) in [7, 11) is 0. The predicted octanol–water partition coefficient (Wildman–Crippen LogP) is 4.53. The Hall–Kier alpha value is -3.39. The van der Waals surface area contributed by atoms with E-state index in [9.17, 15) is 23.9 Å². The number of H-pyrrole nitrogens is 1. The van der Waals surface area contributed by atoms with E-state index in [2.05, 4.69) is 10.3 Å². The molecular formula is C22H21ClFN3O4. The van der Waals surface area contributed by atoms with Crippen LogP contribution >= 0.6 is 11.6 Å². The van der Waals surface area contributed by atoms with Crippen LogP contribution in [-0.4, -0.2) is 27.6 Å². The lowest BCUT2D eigenvalue weighted by atomic mass is 10.0. The maximum Gasteiger partial charge on any atom is 0.412 e. The van der Waals surface area contributed by atoms with Crippen LogP contribution in [0.5, 0.6) is 0 Å². The molecule has 0 fully saturated rings. The number of hydrogen-bond acceptors (Lipinski definition) is 3. The molecule has 2 amide bonds. The van der Waals surface area contributed by atoms with Crippen molar-refractivity contribution < 1.29 is 19.1 Å². The molecule has 0 aliphatic carbocycles. The fourth-order valence-corrected chi connectivity index (χ4v) is 3.36. The topological polar surface area (TPSA) is 102 Å². The minimum Gasteiger partial charge on any atom is -0.465 e. The number of anilines is 1. The minimum atomic E-state index is -1.29. The van der Waals surface area contributed by atoms with Gasteiger partial charge in [0.05, 0.1) is 16.6 Å². The normalized spacial score (nSPS) is 11.4. The van der Waals surface area contributed by atoms with Gasteiger partial charge in [-0.15, -0.1) is 0 Å². The van der Waals surface area contributed by atoms with Gasteiger partial charge in [-0.2, -0.15) is 0 Å². The van der Waals surface area contributed by atoms with Crippen molar-refractivity contribution in [3.63, 3.8) is 0 Å². The number of carboxylic acid groups (broad SMARTS) is 1. The van der Waals surface area contributed by atoms with Crippen molar-refractivity contribution in [2.45, 2.75) is 32.9 Å². The summed E-state index contributed by atoms with van der Waals surface area (Å²) in [6.45, 7) is 5.11. The molecule has 0 spiro atoms. The summed E-state index contributed by atoms with van der Waals surface area (Å²) in [6.07, 6.45) is -0.150. The fraction of sp³-hybridized carbons (Fsp3) is 0.227. The number of halogens is 2. The van der Waals surface area contributed by atoms with Crippen molar-refractivity contribution in [3.8, 4) is 0 Å². The molecule has 2 aromatic carbocycles. The second kappa shape index (κ2) is 8.39. The van der Waals surface area contributed by atoms with Crippen molar-refractivity contribution in [1.29, 1.82) is 0 Å². The van der Waals surface area contributed by atoms with Gasteiger partial charge in [-0.05, 0) is 50.6 Å². The van der Waals surface area contributed by atoms with E-state index in [1.165, 1.54) is 6.07 Å². The van der Waals surface area contributed by atoms with Crippen molar-refractivity contribution in [1.82, 2.24) is 10.3 Å². The second-order valence-electron chi connectivity index (χ2n) is 7.98. The van der Waals surface area contributed by atoms with Crippen LogP contribution in [0.3, 0.4) is 0 Å². The zero-order valence-corrected chi connectivity index (χ0v) is 17.9. The van der Waals surface area contributed by atoms with Crippen molar-refractivity contribution >= 4 is 40.2 Å². The monoisotopic (exact) mass is 445 g/mol. The first-order valence-corrected chi connectivity index (χ1v) is 9.77. The average molecular weight is 446 g/mol. The highest BCUT2D eigenvalue weighted by Crippen LogP contribution is 2.28. The highest BCUT2D eigenvalue weighted by atomic mass is 35.5. The number of pyridine rings is 1. The summed E-state index contributed by atoms with van der Waals surface area (Å²) in [6, 6.07) is 9.15.